The number of amides is 1. The Bertz CT molecular complexity index is 1060. The number of nitrogens with one attached hydrogen (secondary N) is 1. The van der Waals surface area contributed by atoms with Crippen LogP contribution in [0.15, 0.2) is 78.9 Å². The van der Waals surface area contributed by atoms with Crippen molar-refractivity contribution in [3.05, 3.63) is 101 Å². The standard InChI is InChI=1S/C25H22ClNO4/c1-18-15-21(26)10-13-23(18)27-24(28)17-31-25(29)14-9-19-7-11-22(12-8-19)30-16-20-5-3-2-4-6-20/h2-15H,16-17H2,1H3,(H,27,28)/b14-9+. The highest BCUT2D eigenvalue weighted by atomic mass is 35.5. The lowest BCUT2D eigenvalue weighted by atomic mass is 10.2. The second-order valence-corrected chi connectivity index (χ2v) is 7.23. The molecule has 0 saturated heterocycles. The van der Waals surface area contributed by atoms with Gasteiger partial charge in [0.1, 0.15) is 12.4 Å². The molecule has 31 heavy (non-hydrogen) atoms. The molecular formula is C25H22ClNO4. The van der Waals surface area contributed by atoms with Gasteiger partial charge in [-0.1, -0.05) is 54.1 Å². The van der Waals surface area contributed by atoms with Crippen molar-refractivity contribution in [1.82, 2.24) is 0 Å². The minimum absolute atomic E-state index is 0.377. The van der Waals surface area contributed by atoms with Gasteiger partial charge in [-0.3, -0.25) is 4.79 Å². The Balaban J connectivity index is 1.43. The van der Waals surface area contributed by atoms with E-state index in [0.717, 1.165) is 22.4 Å². The number of hydrogen-bond acceptors (Lipinski definition) is 4. The second-order valence-electron chi connectivity index (χ2n) is 6.79. The SMILES string of the molecule is Cc1cc(Cl)ccc1NC(=O)COC(=O)/C=C/c1ccc(OCc2ccccc2)cc1. The van der Waals surface area contributed by atoms with E-state index in [1.165, 1.54) is 6.08 Å². The molecule has 0 atom stereocenters. The molecular weight excluding hydrogens is 414 g/mol. The Morgan fingerprint density at radius 2 is 1.74 bits per heavy atom. The number of ether oxygens (including phenoxy) is 2. The van der Waals surface area contributed by atoms with Gasteiger partial charge in [0.25, 0.3) is 5.91 Å². The predicted octanol–water partition coefficient (Wildman–Crippen LogP) is 5.42. The third-order valence-corrected chi connectivity index (χ3v) is 4.58. The van der Waals surface area contributed by atoms with Crippen molar-refractivity contribution in [2.24, 2.45) is 0 Å². The number of esters is 1. The number of benzene rings is 3. The van der Waals surface area contributed by atoms with Crippen LogP contribution in [0.2, 0.25) is 5.02 Å². The van der Waals surface area contributed by atoms with Gasteiger partial charge < -0.3 is 14.8 Å². The summed E-state index contributed by atoms with van der Waals surface area (Å²) in [6.45, 7) is 1.94. The summed E-state index contributed by atoms with van der Waals surface area (Å²) < 4.78 is 10.7. The molecule has 5 nitrogen and oxygen atoms in total. The third kappa shape index (κ3) is 7.32. The molecule has 158 valence electrons. The van der Waals surface area contributed by atoms with Crippen LogP contribution in [0.25, 0.3) is 6.08 Å². The number of aryl methyl sites for hydroxylation is 1. The molecule has 0 bridgehead atoms. The summed E-state index contributed by atoms with van der Waals surface area (Å²) in [5, 5.41) is 3.27. The summed E-state index contributed by atoms with van der Waals surface area (Å²) in [6, 6.07) is 22.3. The Kier molecular flexibility index (Phi) is 7.85. The lowest BCUT2D eigenvalue weighted by molar-refractivity contribution is -0.142. The molecule has 1 N–H and O–H groups in total. The van der Waals surface area contributed by atoms with Gasteiger partial charge >= 0.3 is 5.97 Å². The summed E-state index contributed by atoms with van der Waals surface area (Å²) in [7, 11) is 0. The van der Waals surface area contributed by atoms with Gasteiger partial charge in [0.15, 0.2) is 6.61 Å². The summed E-state index contributed by atoms with van der Waals surface area (Å²) in [6.07, 6.45) is 2.89. The molecule has 0 heterocycles. The molecule has 0 aliphatic rings. The normalized spacial score (nSPS) is 10.6. The van der Waals surface area contributed by atoms with E-state index in [1.807, 2.05) is 61.5 Å². The van der Waals surface area contributed by atoms with Crippen molar-refractivity contribution in [3.63, 3.8) is 0 Å². The van der Waals surface area contributed by atoms with Gasteiger partial charge in [-0.2, -0.15) is 0 Å². The van der Waals surface area contributed by atoms with E-state index in [4.69, 9.17) is 21.1 Å². The van der Waals surface area contributed by atoms with Crippen molar-refractivity contribution in [1.29, 1.82) is 0 Å². The van der Waals surface area contributed by atoms with Crippen LogP contribution in [0.1, 0.15) is 16.7 Å². The number of rotatable bonds is 8. The predicted molar refractivity (Wildman–Crippen MR) is 122 cm³/mol. The Morgan fingerprint density at radius 1 is 1.00 bits per heavy atom. The van der Waals surface area contributed by atoms with Gasteiger partial charge in [0.2, 0.25) is 0 Å². The van der Waals surface area contributed by atoms with Crippen LogP contribution < -0.4 is 10.1 Å². The van der Waals surface area contributed by atoms with Gasteiger partial charge in [0.05, 0.1) is 0 Å². The minimum Gasteiger partial charge on any atom is -0.489 e. The highest BCUT2D eigenvalue weighted by Gasteiger charge is 2.07. The van der Waals surface area contributed by atoms with Crippen LogP contribution in [0.3, 0.4) is 0 Å². The number of hydrogen-bond donors (Lipinski definition) is 1. The molecule has 0 spiro atoms. The van der Waals surface area contributed by atoms with Crippen molar-refractivity contribution < 1.29 is 19.1 Å². The molecule has 1 amide bonds. The average molecular weight is 436 g/mol. The zero-order valence-electron chi connectivity index (χ0n) is 17.0. The monoisotopic (exact) mass is 435 g/mol. The fourth-order valence-electron chi connectivity index (χ4n) is 2.72. The molecule has 3 aromatic carbocycles. The quantitative estimate of drug-likeness (QED) is 0.379. The lowest BCUT2D eigenvalue weighted by Gasteiger charge is -2.08. The maximum Gasteiger partial charge on any atom is 0.331 e. The summed E-state index contributed by atoms with van der Waals surface area (Å²) in [5.74, 6) is -0.294. The summed E-state index contributed by atoms with van der Waals surface area (Å²) in [5.41, 5.74) is 3.34. The molecule has 3 rings (SSSR count). The Hall–Kier alpha value is -3.57. The van der Waals surface area contributed by atoms with Crippen LogP contribution in [0, 0.1) is 6.92 Å². The van der Waals surface area contributed by atoms with E-state index in [0.29, 0.717) is 17.3 Å². The van der Waals surface area contributed by atoms with Gasteiger partial charge in [-0.25, -0.2) is 4.79 Å². The highest BCUT2D eigenvalue weighted by molar-refractivity contribution is 6.30. The molecule has 0 saturated carbocycles. The van der Waals surface area contributed by atoms with E-state index in [-0.39, 0.29) is 6.61 Å². The maximum absolute atomic E-state index is 12.0. The van der Waals surface area contributed by atoms with Crippen LogP contribution in [-0.4, -0.2) is 18.5 Å². The second kappa shape index (κ2) is 11.0. The zero-order valence-corrected chi connectivity index (χ0v) is 17.8. The lowest BCUT2D eigenvalue weighted by Crippen LogP contribution is -2.20. The molecule has 0 aliphatic heterocycles. The van der Waals surface area contributed by atoms with Crippen molar-refractivity contribution >= 4 is 35.2 Å². The topological polar surface area (TPSA) is 64.6 Å². The number of halogens is 1. The van der Waals surface area contributed by atoms with E-state index >= 15 is 0 Å². The average Bonchev–Trinajstić information content (AvgIpc) is 2.78. The minimum atomic E-state index is -0.604. The molecule has 0 aromatic heterocycles. The first-order chi connectivity index (χ1) is 15.0. The molecule has 0 fully saturated rings. The fraction of sp³-hybridized carbons (Fsp3) is 0.120. The van der Waals surface area contributed by atoms with Crippen molar-refractivity contribution in [2.75, 3.05) is 11.9 Å². The number of carbonyl (C=O) groups is 2. The maximum atomic E-state index is 12.0. The summed E-state index contributed by atoms with van der Waals surface area (Å²) in [4.78, 5) is 23.9. The van der Waals surface area contributed by atoms with E-state index in [2.05, 4.69) is 5.32 Å². The van der Waals surface area contributed by atoms with E-state index < -0.39 is 11.9 Å². The van der Waals surface area contributed by atoms with Crippen LogP contribution in [-0.2, 0) is 20.9 Å². The first-order valence-electron chi connectivity index (χ1n) is 9.67. The largest absolute Gasteiger partial charge is 0.489 e. The van der Waals surface area contributed by atoms with Crippen LogP contribution in [0.5, 0.6) is 5.75 Å². The van der Waals surface area contributed by atoms with E-state index in [1.54, 1.807) is 24.3 Å². The van der Waals surface area contributed by atoms with E-state index in [9.17, 15) is 9.59 Å². The smallest absolute Gasteiger partial charge is 0.331 e. The first kappa shape index (κ1) is 22.1. The number of carbonyl (C=O) groups excluding carboxylic acids is 2. The van der Waals surface area contributed by atoms with Gasteiger partial charge in [0, 0.05) is 16.8 Å². The first-order valence-corrected chi connectivity index (χ1v) is 10.0. The Morgan fingerprint density at radius 3 is 2.45 bits per heavy atom. The molecule has 0 unspecified atom stereocenters. The zero-order chi connectivity index (χ0) is 22.1. The Labute approximate surface area is 186 Å². The van der Waals surface area contributed by atoms with Crippen molar-refractivity contribution in [2.45, 2.75) is 13.5 Å². The number of anilines is 1. The van der Waals surface area contributed by atoms with Gasteiger partial charge in [-0.15, -0.1) is 0 Å². The van der Waals surface area contributed by atoms with Gasteiger partial charge in [-0.05, 0) is 60.0 Å². The summed E-state index contributed by atoms with van der Waals surface area (Å²) >= 11 is 5.89. The van der Waals surface area contributed by atoms with Crippen LogP contribution in [0.4, 0.5) is 5.69 Å². The molecule has 6 heteroatoms. The van der Waals surface area contributed by atoms with Crippen molar-refractivity contribution in [3.8, 4) is 5.75 Å². The molecule has 3 aromatic rings. The fourth-order valence-corrected chi connectivity index (χ4v) is 2.95. The van der Waals surface area contributed by atoms with Crippen LogP contribution >= 0.6 is 11.6 Å². The third-order valence-electron chi connectivity index (χ3n) is 4.35. The molecule has 0 aliphatic carbocycles. The molecule has 0 radical (unpaired) electrons. The highest BCUT2D eigenvalue weighted by Crippen LogP contribution is 2.19.